The normalized spacial score (nSPS) is 12.0. The lowest BCUT2D eigenvalue weighted by Crippen LogP contribution is -2.04. The van der Waals surface area contributed by atoms with Gasteiger partial charge >= 0.3 is 0 Å². The van der Waals surface area contributed by atoms with Crippen molar-refractivity contribution in [2.45, 2.75) is 41.5 Å². The van der Waals surface area contributed by atoms with E-state index in [-0.39, 0.29) is 0 Å². The summed E-state index contributed by atoms with van der Waals surface area (Å²) in [5.41, 5.74) is 21.4. The molecule has 0 spiro atoms. The summed E-state index contributed by atoms with van der Waals surface area (Å²) in [6.07, 6.45) is 7.03. The lowest BCUT2D eigenvalue weighted by atomic mass is 9.91. The van der Waals surface area contributed by atoms with E-state index in [1.807, 2.05) is 12.4 Å². The standard InChI is InChI=1S/C52H40N6/c1-29-21-31(3)51(33(5)47(29)35-15-17-41-37(23-35)25-53-27-55-41)57-43-13-9-7-11-39(43)49-45(57)19-20-46-50(49)40-12-8-10-14-44(40)58(46)52-32(4)22-30(2)48(34(52)6)36-16-18-42-38(24-36)26-54-28-56-42/h7-28H,1-6H3. The molecule has 0 unspecified atom stereocenters. The summed E-state index contributed by atoms with van der Waals surface area (Å²) >= 11 is 0. The predicted molar refractivity (Wildman–Crippen MR) is 241 cm³/mol. The van der Waals surface area contributed by atoms with Crippen LogP contribution in [0.15, 0.2) is 134 Å². The van der Waals surface area contributed by atoms with E-state index in [2.05, 4.69) is 180 Å². The highest BCUT2D eigenvalue weighted by Crippen LogP contribution is 2.46. The Morgan fingerprint density at radius 2 is 0.845 bits per heavy atom. The minimum atomic E-state index is 0.947. The van der Waals surface area contributed by atoms with Crippen LogP contribution in [-0.4, -0.2) is 29.1 Å². The maximum absolute atomic E-state index is 4.49. The third-order valence-electron chi connectivity index (χ3n) is 12.4. The molecule has 0 aliphatic heterocycles. The number of para-hydroxylation sites is 2. The van der Waals surface area contributed by atoms with E-state index in [0.717, 1.165) is 21.8 Å². The van der Waals surface area contributed by atoms with Gasteiger partial charge in [0, 0.05) is 44.7 Å². The van der Waals surface area contributed by atoms with Gasteiger partial charge in [0.25, 0.3) is 0 Å². The first-order valence-corrected chi connectivity index (χ1v) is 19.9. The molecular formula is C52H40N6. The molecule has 11 aromatic rings. The monoisotopic (exact) mass is 748 g/mol. The Bertz CT molecular complexity index is 3300. The Morgan fingerprint density at radius 1 is 0.414 bits per heavy atom. The zero-order valence-corrected chi connectivity index (χ0v) is 33.4. The highest BCUT2D eigenvalue weighted by Gasteiger charge is 2.25. The van der Waals surface area contributed by atoms with Gasteiger partial charge in [-0.3, -0.25) is 0 Å². The largest absolute Gasteiger partial charge is 0.309 e. The third kappa shape index (κ3) is 4.84. The quantitative estimate of drug-likeness (QED) is 0.180. The highest BCUT2D eigenvalue weighted by atomic mass is 15.0. The van der Waals surface area contributed by atoms with Crippen LogP contribution in [0.3, 0.4) is 0 Å². The van der Waals surface area contributed by atoms with E-state index in [1.54, 1.807) is 12.7 Å². The molecule has 0 aliphatic rings. The average Bonchev–Trinajstić information content (AvgIpc) is 3.73. The first-order valence-electron chi connectivity index (χ1n) is 19.9. The number of benzene rings is 7. The van der Waals surface area contributed by atoms with Crippen molar-refractivity contribution in [1.29, 1.82) is 0 Å². The van der Waals surface area contributed by atoms with Crippen LogP contribution in [0.1, 0.15) is 33.4 Å². The summed E-state index contributed by atoms with van der Waals surface area (Å²) in [5, 5.41) is 7.09. The van der Waals surface area contributed by atoms with Crippen LogP contribution in [0.4, 0.5) is 0 Å². The summed E-state index contributed by atoms with van der Waals surface area (Å²) in [4.78, 5) is 17.6. The second kappa shape index (κ2) is 12.7. The fraction of sp³-hybridized carbons (Fsp3) is 0.115. The Labute approximate surface area is 336 Å². The van der Waals surface area contributed by atoms with Crippen molar-refractivity contribution in [3.8, 4) is 33.6 Å². The van der Waals surface area contributed by atoms with Gasteiger partial charge in [-0.1, -0.05) is 60.7 Å². The lowest BCUT2D eigenvalue weighted by Gasteiger charge is -2.21. The Hall–Kier alpha value is -7.18. The molecule has 0 atom stereocenters. The van der Waals surface area contributed by atoms with Crippen LogP contribution in [0.2, 0.25) is 0 Å². The number of fused-ring (bicyclic) bond motifs is 9. The molecule has 4 aromatic heterocycles. The van der Waals surface area contributed by atoms with Crippen LogP contribution < -0.4 is 0 Å². The molecular weight excluding hydrogens is 709 g/mol. The van der Waals surface area contributed by atoms with Gasteiger partial charge in [0.2, 0.25) is 0 Å². The molecule has 11 rings (SSSR count). The minimum Gasteiger partial charge on any atom is -0.309 e. The Balaban J connectivity index is 1.20. The van der Waals surface area contributed by atoms with Crippen molar-refractivity contribution in [3.05, 3.63) is 168 Å². The number of nitrogens with zero attached hydrogens (tertiary/aromatic N) is 6. The number of aromatic nitrogens is 6. The van der Waals surface area contributed by atoms with Gasteiger partial charge in [0.1, 0.15) is 12.7 Å². The SMILES string of the molecule is Cc1cc(C)c(-n2c3ccccc3c3c4c5ccccc5n(-c5c(C)cc(C)c(-c6ccc7ncncc7c6)c5C)c4ccc32)c(C)c1-c1ccc2ncncc2c1. The molecule has 0 fully saturated rings. The first-order chi connectivity index (χ1) is 28.3. The summed E-state index contributed by atoms with van der Waals surface area (Å²) in [7, 11) is 0. The summed E-state index contributed by atoms with van der Waals surface area (Å²) in [6, 6.07) is 40.3. The molecule has 6 heteroatoms. The van der Waals surface area contributed by atoms with Crippen molar-refractivity contribution in [3.63, 3.8) is 0 Å². The highest BCUT2D eigenvalue weighted by molar-refractivity contribution is 6.29. The summed E-state index contributed by atoms with van der Waals surface area (Å²) in [6.45, 7) is 13.5. The molecule has 278 valence electrons. The number of rotatable bonds is 4. The van der Waals surface area contributed by atoms with E-state index in [1.165, 1.54) is 111 Å². The molecule has 0 N–H and O–H groups in total. The summed E-state index contributed by atoms with van der Waals surface area (Å²) < 4.78 is 5.02. The minimum absolute atomic E-state index is 0.947. The first kappa shape index (κ1) is 34.1. The molecule has 7 aromatic carbocycles. The van der Waals surface area contributed by atoms with Crippen LogP contribution in [0.5, 0.6) is 0 Å². The van der Waals surface area contributed by atoms with Crippen LogP contribution in [-0.2, 0) is 0 Å². The van der Waals surface area contributed by atoms with Gasteiger partial charge in [0.05, 0.1) is 44.5 Å². The van der Waals surface area contributed by atoms with Crippen molar-refractivity contribution in [2.24, 2.45) is 0 Å². The zero-order valence-electron chi connectivity index (χ0n) is 33.4. The van der Waals surface area contributed by atoms with Crippen LogP contribution in [0.25, 0.3) is 99.0 Å². The number of hydrogen-bond acceptors (Lipinski definition) is 4. The molecule has 0 bridgehead atoms. The molecule has 0 saturated carbocycles. The second-order valence-corrected chi connectivity index (χ2v) is 15.9. The zero-order chi connectivity index (χ0) is 39.4. The van der Waals surface area contributed by atoms with E-state index < -0.39 is 0 Å². The molecule has 58 heavy (non-hydrogen) atoms. The Kier molecular flexibility index (Phi) is 7.45. The Morgan fingerprint density at radius 3 is 1.29 bits per heavy atom. The molecule has 0 aliphatic carbocycles. The van der Waals surface area contributed by atoms with Crippen LogP contribution >= 0.6 is 0 Å². The van der Waals surface area contributed by atoms with E-state index in [0.29, 0.717) is 0 Å². The fourth-order valence-corrected chi connectivity index (χ4v) is 10.2. The van der Waals surface area contributed by atoms with E-state index in [9.17, 15) is 0 Å². The fourth-order valence-electron chi connectivity index (χ4n) is 10.2. The molecule has 6 nitrogen and oxygen atoms in total. The number of aryl methyl sites for hydroxylation is 4. The molecule has 4 heterocycles. The molecule has 0 amide bonds. The van der Waals surface area contributed by atoms with Gasteiger partial charge < -0.3 is 9.13 Å². The smallest absolute Gasteiger partial charge is 0.116 e. The second-order valence-electron chi connectivity index (χ2n) is 15.9. The summed E-state index contributed by atoms with van der Waals surface area (Å²) in [5.74, 6) is 0. The van der Waals surface area contributed by atoms with Gasteiger partial charge in [0.15, 0.2) is 0 Å². The maximum Gasteiger partial charge on any atom is 0.116 e. The van der Waals surface area contributed by atoms with Crippen molar-refractivity contribution in [1.82, 2.24) is 29.1 Å². The topological polar surface area (TPSA) is 61.4 Å². The van der Waals surface area contributed by atoms with Gasteiger partial charge in [-0.15, -0.1) is 0 Å². The van der Waals surface area contributed by atoms with Crippen molar-refractivity contribution >= 4 is 65.4 Å². The van der Waals surface area contributed by atoms with Gasteiger partial charge in [-0.25, -0.2) is 19.9 Å². The molecule has 0 radical (unpaired) electrons. The maximum atomic E-state index is 4.49. The van der Waals surface area contributed by atoms with Gasteiger partial charge in [-0.2, -0.15) is 0 Å². The number of hydrogen-bond donors (Lipinski definition) is 0. The third-order valence-corrected chi connectivity index (χ3v) is 12.4. The predicted octanol–water partition coefficient (Wildman–Crippen LogP) is 13.0. The van der Waals surface area contributed by atoms with Crippen molar-refractivity contribution in [2.75, 3.05) is 0 Å². The van der Waals surface area contributed by atoms with Crippen molar-refractivity contribution < 1.29 is 0 Å². The average molecular weight is 749 g/mol. The van der Waals surface area contributed by atoms with Gasteiger partial charge in [-0.05, 0) is 146 Å². The molecule has 0 saturated heterocycles. The van der Waals surface area contributed by atoms with Crippen LogP contribution in [0, 0.1) is 41.5 Å². The van der Waals surface area contributed by atoms with E-state index >= 15 is 0 Å². The van der Waals surface area contributed by atoms with E-state index in [4.69, 9.17) is 0 Å². The lowest BCUT2D eigenvalue weighted by molar-refractivity contribution is 1.11.